The van der Waals surface area contributed by atoms with E-state index in [2.05, 4.69) is 15.1 Å². The van der Waals surface area contributed by atoms with Gasteiger partial charge >= 0.3 is 0 Å². The molecule has 1 aromatic carbocycles. The van der Waals surface area contributed by atoms with E-state index >= 15 is 0 Å². The first-order valence-corrected chi connectivity index (χ1v) is 11.2. The highest BCUT2D eigenvalue weighted by atomic mass is 32.1. The molecule has 5 rings (SSSR count). The molecule has 0 amide bonds. The third-order valence-corrected chi connectivity index (χ3v) is 6.47. The summed E-state index contributed by atoms with van der Waals surface area (Å²) in [6.45, 7) is 3.94. The number of nitrogens with zero attached hydrogens (tertiary/aromatic N) is 6. The predicted octanol–water partition coefficient (Wildman–Crippen LogP) is 2.84. The smallest absolute Gasteiger partial charge is 0.267 e. The Morgan fingerprint density at radius 2 is 1.97 bits per heavy atom. The van der Waals surface area contributed by atoms with Gasteiger partial charge in [-0.05, 0) is 42.5 Å². The van der Waals surface area contributed by atoms with Crippen LogP contribution in [0.2, 0.25) is 0 Å². The first kappa shape index (κ1) is 21.0. The van der Waals surface area contributed by atoms with E-state index in [4.69, 9.17) is 10.7 Å². The molecule has 33 heavy (non-hydrogen) atoms. The van der Waals surface area contributed by atoms with Crippen molar-refractivity contribution in [3.63, 3.8) is 0 Å². The molecular formula is C23H21N7O2S. The number of thiophene rings is 1. The van der Waals surface area contributed by atoms with Gasteiger partial charge in [0.05, 0.1) is 28.8 Å². The van der Waals surface area contributed by atoms with Crippen molar-refractivity contribution in [2.75, 3.05) is 12.3 Å². The van der Waals surface area contributed by atoms with Gasteiger partial charge in [0.2, 0.25) is 0 Å². The Kier molecular flexibility index (Phi) is 5.23. The Morgan fingerprint density at radius 1 is 1.15 bits per heavy atom. The molecule has 0 aliphatic carbocycles. The summed E-state index contributed by atoms with van der Waals surface area (Å²) in [7, 11) is 0. The van der Waals surface area contributed by atoms with Gasteiger partial charge in [-0.15, -0.1) is 11.3 Å². The highest BCUT2D eigenvalue weighted by Gasteiger charge is 2.20. The minimum atomic E-state index is -0.134. The predicted molar refractivity (Wildman–Crippen MR) is 130 cm³/mol. The van der Waals surface area contributed by atoms with Gasteiger partial charge in [0.1, 0.15) is 29.3 Å². The molecule has 0 unspecified atom stereocenters. The summed E-state index contributed by atoms with van der Waals surface area (Å²) in [5, 5.41) is 17.0. The number of rotatable bonds is 5. The van der Waals surface area contributed by atoms with E-state index in [9.17, 15) is 9.90 Å². The summed E-state index contributed by atoms with van der Waals surface area (Å²) in [5.74, 6) is 0.820. The van der Waals surface area contributed by atoms with Crippen LogP contribution in [0, 0.1) is 13.8 Å². The van der Waals surface area contributed by atoms with Gasteiger partial charge in [-0.1, -0.05) is 24.3 Å². The third kappa shape index (κ3) is 3.49. The first-order chi connectivity index (χ1) is 16.0. The highest BCUT2D eigenvalue weighted by molar-refractivity contribution is 7.16. The van der Waals surface area contributed by atoms with Crippen LogP contribution in [0.1, 0.15) is 22.6 Å². The van der Waals surface area contributed by atoms with Crippen molar-refractivity contribution in [1.29, 1.82) is 0 Å². The fourth-order valence-corrected chi connectivity index (χ4v) is 4.85. The number of aliphatic hydroxyl groups excluding tert-OH is 1. The summed E-state index contributed by atoms with van der Waals surface area (Å²) in [6, 6.07) is 7.71. The van der Waals surface area contributed by atoms with Gasteiger partial charge < -0.3 is 10.8 Å². The van der Waals surface area contributed by atoms with Crippen LogP contribution in [-0.2, 0) is 6.54 Å². The van der Waals surface area contributed by atoms with E-state index < -0.39 is 0 Å². The number of hydrogen-bond acceptors (Lipinski definition) is 8. The molecular weight excluding hydrogens is 438 g/mol. The number of anilines is 1. The Bertz CT molecular complexity index is 1600. The lowest BCUT2D eigenvalue weighted by Crippen LogP contribution is -2.26. The van der Waals surface area contributed by atoms with Gasteiger partial charge in [0.25, 0.3) is 5.56 Å². The van der Waals surface area contributed by atoms with Gasteiger partial charge in [-0.25, -0.2) is 19.6 Å². The van der Waals surface area contributed by atoms with E-state index in [1.807, 2.05) is 43.5 Å². The molecule has 4 heterocycles. The van der Waals surface area contributed by atoms with Crippen molar-refractivity contribution in [2.24, 2.45) is 0 Å². The van der Waals surface area contributed by atoms with Crippen molar-refractivity contribution >= 4 is 44.5 Å². The minimum Gasteiger partial charge on any atom is -0.392 e. The van der Waals surface area contributed by atoms with Crippen LogP contribution >= 0.6 is 11.3 Å². The molecule has 0 fully saturated rings. The zero-order valence-electron chi connectivity index (χ0n) is 18.1. The van der Waals surface area contributed by atoms with E-state index in [0.29, 0.717) is 32.8 Å². The van der Waals surface area contributed by atoms with Gasteiger partial charge in [-0.2, -0.15) is 5.10 Å². The summed E-state index contributed by atoms with van der Waals surface area (Å²) in [5.41, 5.74) is 9.68. The molecule has 0 saturated heterocycles. The quantitative estimate of drug-likeness (QED) is 0.414. The number of fused-ring (bicyclic) bond motifs is 2. The molecule has 0 bridgehead atoms. The van der Waals surface area contributed by atoms with Crippen molar-refractivity contribution in [3.05, 3.63) is 75.0 Å². The van der Waals surface area contributed by atoms with Crippen molar-refractivity contribution in [2.45, 2.75) is 20.4 Å². The monoisotopic (exact) mass is 459 g/mol. The highest BCUT2D eigenvalue weighted by Crippen LogP contribution is 2.26. The van der Waals surface area contributed by atoms with Crippen molar-refractivity contribution < 1.29 is 5.11 Å². The number of aliphatic hydroxyl groups is 1. The normalized spacial score (nSPS) is 11.8. The molecule has 0 spiro atoms. The summed E-state index contributed by atoms with van der Waals surface area (Å²) in [6.07, 6.45) is 4.62. The number of aromatic nitrogens is 6. The number of aryl methyl sites for hydroxylation is 2. The molecule has 0 aliphatic heterocycles. The lowest BCUT2D eigenvalue weighted by Gasteiger charge is -2.15. The maximum atomic E-state index is 13.7. The lowest BCUT2D eigenvalue weighted by molar-refractivity contribution is 0.343. The Labute approximate surface area is 192 Å². The van der Waals surface area contributed by atoms with E-state index in [0.717, 1.165) is 16.8 Å². The molecule has 5 aromatic rings. The van der Waals surface area contributed by atoms with Crippen LogP contribution in [-0.4, -0.2) is 41.0 Å². The Morgan fingerprint density at radius 3 is 2.76 bits per heavy atom. The first-order valence-electron chi connectivity index (χ1n) is 10.3. The van der Waals surface area contributed by atoms with E-state index in [1.54, 1.807) is 21.4 Å². The number of hydrogen-bond donors (Lipinski definition) is 2. The van der Waals surface area contributed by atoms with Crippen molar-refractivity contribution in [3.8, 4) is 5.69 Å². The SMILES string of the molecule is Cc1ccccc1-n1c(Cn2nc(/C=C/CO)c3c(N)ncnc32)nc2scc(C)c2c1=O. The number of nitrogen functional groups attached to an aromatic ring is 1. The zero-order valence-corrected chi connectivity index (χ0v) is 18.9. The third-order valence-electron chi connectivity index (χ3n) is 5.48. The van der Waals surface area contributed by atoms with E-state index in [1.165, 1.54) is 17.7 Å². The van der Waals surface area contributed by atoms with Crippen LogP contribution in [0.25, 0.3) is 33.0 Å². The summed E-state index contributed by atoms with van der Waals surface area (Å²) >= 11 is 1.44. The Balaban J connectivity index is 1.77. The summed E-state index contributed by atoms with van der Waals surface area (Å²) in [4.78, 5) is 27.7. The Hall–Kier alpha value is -3.89. The molecule has 0 aliphatic rings. The van der Waals surface area contributed by atoms with Gasteiger partial charge in [0.15, 0.2) is 5.65 Å². The molecule has 10 heteroatoms. The summed E-state index contributed by atoms with van der Waals surface area (Å²) < 4.78 is 3.31. The standard InChI is InChI=1S/C23H21N7O2S/c1-13-6-3-4-8-16(13)30-17(27-22-18(23(30)32)14(2)11-33-22)10-29-21-19(20(24)25-12-26-21)15(28-29)7-5-9-31/h3-8,11-12,31H,9-10H2,1-2H3,(H2,24,25,26)/b7-5+. The molecule has 0 radical (unpaired) electrons. The fourth-order valence-electron chi connectivity index (χ4n) is 3.92. The maximum absolute atomic E-state index is 13.7. The fraction of sp³-hybridized carbons (Fsp3) is 0.174. The second kappa shape index (κ2) is 8.23. The molecule has 9 nitrogen and oxygen atoms in total. The minimum absolute atomic E-state index is 0.117. The average molecular weight is 460 g/mol. The molecule has 0 atom stereocenters. The van der Waals surface area contributed by atoms with Crippen LogP contribution in [0.15, 0.2) is 46.8 Å². The van der Waals surface area contributed by atoms with Crippen molar-refractivity contribution in [1.82, 2.24) is 29.3 Å². The number of benzene rings is 1. The van der Waals surface area contributed by atoms with Crippen LogP contribution in [0.5, 0.6) is 0 Å². The molecule has 0 saturated carbocycles. The number of nitrogens with two attached hydrogens (primary N) is 1. The van der Waals surface area contributed by atoms with Gasteiger partial charge in [-0.3, -0.25) is 9.36 Å². The average Bonchev–Trinajstić information content (AvgIpc) is 3.35. The topological polar surface area (TPSA) is 125 Å². The zero-order chi connectivity index (χ0) is 23.1. The second-order valence-corrected chi connectivity index (χ2v) is 8.50. The van der Waals surface area contributed by atoms with Crippen LogP contribution in [0.4, 0.5) is 5.82 Å². The largest absolute Gasteiger partial charge is 0.392 e. The molecule has 4 aromatic heterocycles. The van der Waals surface area contributed by atoms with E-state index in [-0.39, 0.29) is 24.5 Å². The molecule has 166 valence electrons. The van der Waals surface area contributed by atoms with Crippen LogP contribution < -0.4 is 11.3 Å². The van der Waals surface area contributed by atoms with Crippen LogP contribution in [0.3, 0.4) is 0 Å². The second-order valence-electron chi connectivity index (χ2n) is 7.64. The number of para-hydroxylation sites is 1. The lowest BCUT2D eigenvalue weighted by atomic mass is 10.2. The van der Waals surface area contributed by atoms with Gasteiger partial charge in [0, 0.05) is 0 Å². The maximum Gasteiger partial charge on any atom is 0.267 e. The molecule has 3 N–H and O–H groups in total.